The fourth-order valence-electron chi connectivity index (χ4n) is 1.58. The van der Waals surface area contributed by atoms with Gasteiger partial charge in [0.15, 0.2) is 0 Å². The van der Waals surface area contributed by atoms with Crippen molar-refractivity contribution in [3.63, 3.8) is 0 Å². The molecule has 1 rings (SSSR count). The van der Waals surface area contributed by atoms with E-state index < -0.39 is 5.41 Å². The van der Waals surface area contributed by atoms with E-state index in [1.807, 2.05) is 37.3 Å². The van der Waals surface area contributed by atoms with E-state index in [1.165, 1.54) is 0 Å². The van der Waals surface area contributed by atoms with Crippen molar-refractivity contribution in [1.29, 1.82) is 0 Å². The lowest BCUT2D eigenvalue weighted by Gasteiger charge is -2.24. The number of carbonyl (C=O) groups is 2. The minimum atomic E-state index is -0.622. The first-order chi connectivity index (χ1) is 6.79. The quantitative estimate of drug-likeness (QED) is 0.666. The Bertz CT molecular complexity index is 305. The Hall–Kier alpha value is -1.44. The first-order valence-corrected chi connectivity index (χ1v) is 4.74. The number of benzene rings is 1. The zero-order chi connectivity index (χ0) is 10.4. The monoisotopic (exact) mass is 190 g/mol. The standard InChI is InChI=1S/C12H14O2/c1-2-12(10-14,8-9-13)11-6-4-3-5-7-11/h3-7,9-10H,2,8H2,1H3. The molecule has 0 N–H and O–H groups in total. The number of hydrogen-bond acceptors (Lipinski definition) is 2. The van der Waals surface area contributed by atoms with E-state index in [-0.39, 0.29) is 6.42 Å². The zero-order valence-corrected chi connectivity index (χ0v) is 8.27. The van der Waals surface area contributed by atoms with Crippen molar-refractivity contribution in [1.82, 2.24) is 0 Å². The molecule has 0 heterocycles. The molecule has 74 valence electrons. The van der Waals surface area contributed by atoms with Gasteiger partial charge in [-0.3, -0.25) is 0 Å². The van der Waals surface area contributed by atoms with Crippen molar-refractivity contribution in [2.75, 3.05) is 0 Å². The maximum Gasteiger partial charge on any atom is 0.130 e. The molecule has 1 atom stereocenters. The molecule has 1 aromatic rings. The highest BCUT2D eigenvalue weighted by Crippen LogP contribution is 2.28. The van der Waals surface area contributed by atoms with Gasteiger partial charge < -0.3 is 9.59 Å². The summed E-state index contributed by atoms with van der Waals surface area (Å²) in [5.74, 6) is 0. The van der Waals surface area contributed by atoms with Crippen LogP contribution in [0.25, 0.3) is 0 Å². The predicted molar refractivity (Wildman–Crippen MR) is 55.2 cm³/mol. The Kier molecular flexibility index (Phi) is 3.57. The lowest BCUT2D eigenvalue weighted by molar-refractivity contribution is -0.117. The lowest BCUT2D eigenvalue weighted by atomic mass is 9.77. The van der Waals surface area contributed by atoms with Crippen LogP contribution in [0, 0.1) is 0 Å². The fourth-order valence-corrected chi connectivity index (χ4v) is 1.58. The molecular formula is C12H14O2. The summed E-state index contributed by atoms with van der Waals surface area (Å²) in [5.41, 5.74) is 0.299. The SMILES string of the molecule is CCC(C=O)(CC=O)c1ccccc1. The average molecular weight is 190 g/mol. The van der Waals surface area contributed by atoms with Gasteiger partial charge in [0.1, 0.15) is 12.6 Å². The first kappa shape index (κ1) is 10.6. The topological polar surface area (TPSA) is 34.1 Å². The summed E-state index contributed by atoms with van der Waals surface area (Å²) in [7, 11) is 0. The third kappa shape index (κ3) is 1.90. The van der Waals surface area contributed by atoms with Crippen LogP contribution >= 0.6 is 0 Å². The Morgan fingerprint density at radius 3 is 2.29 bits per heavy atom. The Labute approximate surface area is 83.9 Å². The van der Waals surface area contributed by atoms with Crippen LogP contribution in [-0.2, 0) is 15.0 Å². The second-order valence-corrected chi connectivity index (χ2v) is 3.36. The van der Waals surface area contributed by atoms with Crippen LogP contribution in [0.1, 0.15) is 25.3 Å². The van der Waals surface area contributed by atoms with Crippen molar-refractivity contribution < 1.29 is 9.59 Å². The third-order valence-corrected chi connectivity index (χ3v) is 2.65. The van der Waals surface area contributed by atoms with Gasteiger partial charge in [0, 0.05) is 6.42 Å². The molecule has 0 radical (unpaired) electrons. The second kappa shape index (κ2) is 4.70. The molecule has 0 aliphatic heterocycles. The molecule has 1 unspecified atom stereocenters. The molecule has 0 amide bonds. The van der Waals surface area contributed by atoms with E-state index >= 15 is 0 Å². The molecule has 0 saturated carbocycles. The van der Waals surface area contributed by atoms with Gasteiger partial charge >= 0.3 is 0 Å². The van der Waals surface area contributed by atoms with Crippen LogP contribution in [-0.4, -0.2) is 12.6 Å². The number of hydrogen-bond donors (Lipinski definition) is 0. The molecule has 0 aliphatic carbocycles. The molecule has 0 aliphatic rings. The van der Waals surface area contributed by atoms with Crippen LogP contribution in [0.15, 0.2) is 30.3 Å². The normalized spacial score (nSPS) is 14.4. The molecule has 0 aromatic heterocycles. The van der Waals surface area contributed by atoms with Crippen molar-refractivity contribution in [2.24, 2.45) is 0 Å². The maximum absolute atomic E-state index is 11.1. The highest BCUT2D eigenvalue weighted by molar-refractivity contribution is 5.74. The van der Waals surface area contributed by atoms with E-state index in [9.17, 15) is 9.59 Å². The Balaban J connectivity index is 3.09. The van der Waals surface area contributed by atoms with Crippen LogP contribution in [0.5, 0.6) is 0 Å². The number of carbonyl (C=O) groups excluding carboxylic acids is 2. The van der Waals surface area contributed by atoms with Crippen LogP contribution in [0.2, 0.25) is 0 Å². The summed E-state index contributed by atoms with van der Waals surface area (Å²) < 4.78 is 0. The maximum atomic E-state index is 11.1. The van der Waals surface area contributed by atoms with E-state index in [2.05, 4.69) is 0 Å². The molecule has 14 heavy (non-hydrogen) atoms. The Morgan fingerprint density at radius 1 is 1.21 bits per heavy atom. The molecular weight excluding hydrogens is 176 g/mol. The highest BCUT2D eigenvalue weighted by Gasteiger charge is 2.29. The van der Waals surface area contributed by atoms with Gasteiger partial charge in [-0.1, -0.05) is 37.3 Å². The predicted octanol–water partition coefficient (Wildman–Crippen LogP) is 2.12. The van der Waals surface area contributed by atoms with Gasteiger partial charge in [-0.2, -0.15) is 0 Å². The van der Waals surface area contributed by atoms with E-state index in [0.29, 0.717) is 6.42 Å². The molecule has 0 saturated heterocycles. The van der Waals surface area contributed by atoms with Crippen molar-refractivity contribution in [3.05, 3.63) is 35.9 Å². The van der Waals surface area contributed by atoms with Crippen molar-refractivity contribution in [3.8, 4) is 0 Å². The summed E-state index contributed by atoms with van der Waals surface area (Å²) >= 11 is 0. The van der Waals surface area contributed by atoms with Gasteiger partial charge in [-0.15, -0.1) is 0 Å². The van der Waals surface area contributed by atoms with Crippen molar-refractivity contribution in [2.45, 2.75) is 25.2 Å². The minimum Gasteiger partial charge on any atom is -0.303 e. The molecule has 1 aromatic carbocycles. The van der Waals surface area contributed by atoms with E-state index in [0.717, 1.165) is 18.1 Å². The number of rotatable bonds is 5. The minimum absolute atomic E-state index is 0.261. The van der Waals surface area contributed by atoms with E-state index in [1.54, 1.807) is 0 Å². The molecule has 2 heteroatoms. The summed E-state index contributed by atoms with van der Waals surface area (Å²) in [6.07, 6.45) is 2.61. The molecule has 0 fully saturated rings. The number of aldehydes is 2. The Morgan fingerprint density at radius 2 is 1.86 bits per heavy atom. The van der Waals surface area contributed by atoms with Gasteiger partial charge in [0.05, 0.1) is 5.41 Å². The summed E-state index contributed by atoms with van der Waals surface area (Å²) in [5, 5.41) is 0. The largest absolute Gasteiger partial charge is 0.303 e. The third-order valence-electron chi connectivity index (χ3n) is 2.65. The smallest absolute Gasteiger partial charge is 0.130 e. The second-order valence-electron chi connectivity index (χ2n) is 3.36. The summed E-state index contributed by atoms with van der Waals surface area (Å²) in [6, 6.07) is 9.44. The summed E-state index contributed by atoms with van der Waals surface area (Å²) in [6.45, 7) is 1.92. The van der Waals surface area contributed by atoms with Crippen LogP contribution in [0.3, 0.4) is 0 Å². The average Bonchev–Trinajstić information content (AvgIpc) is 2.27. The highest BCUT2D eigenvalue weighted by atomic mass is 16.1. The lowest BCUT2D eigenvalue weighted by Crippen LogP contribution is -2.27. The van der Waals surface area contributed by atoms with Gasteiger partial charge in [-0.05, 0) is 12.0 Å². The molecule has 0 bridgehead atoms. The van der Waals surface area contributed by atoms with Gasteiger partial charge in [0.2, 0.25) is 0 Å². The first-order valence-electron chi connectivity index (χ1n) is 4.74. The molecule has 2 nitrogen and oxygen atoms in total. The van der Waals surface area contributed by atoms with Gasteiger partial charge in [-0.25, -0.2) is 0 Å². The zero-order valence-electron chi connectivity index (χ0n) is 8.27. The van der Waals surface area contributed by atoms with Crippen LogP contribution in [0.4, 0.5) is 0 Å². The van der Waals surface area contributed by atoms with E-state index in [4.69, 9.17) is 0 Å². The molecule has 0 spiro atoms. The summed E-state index contributed by atoms with van der Waals surface area (Å²) in [4.78, 5) is 21.6. The fraction of sp³-hybridized carbons (Fsp3) is 0.333. The van der Waals surface area contributed by atoms with Crippen LogP contribution < -0.4 is 0 Å². The van der Waals surface area contributed by atoms with Gasteiger partial charge in [0.25, 0.3) is 0 Å². The van der Waals surface area contributed by atoms with Crippen molar-refractivity contribution >= 4 is 12.6 Å².